The Morgan fingerprint density at radius 2 is 1.50 bits per heavy atom. The van der Waals surface area contributed by atoms with Crippen molar-refractivity contribution in [3.05, 3.63) is 29.8 Å². The van der Waals surface area contributed by atoms with Crippen LogP contribution in [0.25, 0.3) is 0 Å². The van der Waals surface area contributed by atoms with Crippen LogP contribution in [0.2, 0.25) is 0 Å². The maximum atomic E-state index is 12.1. The molecule has 1 aromatic carbocycles. The van der Waals surface area contributed by atoms with Gasteiger partial charge in [-0.15, -0.1) is 13.2 Å². The summed E-state index contributed by atoms with van der Waals surface area (Å²) in [5, 5.41) is 10.7. The average molecular weight is 318 g/mol. The second-order valence-electron chi connectivity index (χ2n) is 5.71. The summed E-state index contributed by atoms with van der Waals surface area (Å²) in [7, 11) is 0. The van der Waals surface area contributed by atoms with Crippen LogP contribution in [0, 0.1) is 0 Å². The summed E-state index contributed by atoms with van der Waals surface area (Å²) in [4.78, 5) is 0. The SMILES string of the molecule is OC1(c2ccc(OC(F)(F)F)cc2)CCC2(CC1)OCCO2. The van der Waals surface area contributed by atoms with E-state index >= 15 is 0 Å². The molecular weight excluding hydrogens is 301 g/mol. The van der Waals surface area contributed by atoms with Gasteiger partial charge in [-0.25, -0.2) is 0 Å². The highest BCUT2D eigenvalue weighted by molar-refractivity contribution is 5.31. The van der Waals surface area contributed by atoms with Crippen LogP contribution in [0.15, 0.2) is 24.3 Å². The highest BCUT2D eigenvalue weighted by Gasteiger charge is 2.46. The molecule has 0 amide bonds. The lowest BCUT2D eigenvalue weighted by Crippen LogP contribution is -2.42. The normalized spacial score (nSPS) is 23.6. The lowest BCUT2D eigenvalue weighted by atomic mass is 9.77. The van der Waals surface area contributed by atoms with Crippen LogP contribution in [0.1, 0.15) is 31.2 Å². The summed E-state index contributed by atoms with van der Waals surface area (Å²) in [5.41, 5.74) is -0.494. The molecule has 22 heavy (non-hydrogen) atoms. The lowest BCUT2D eigenvalue weighted by Gasteiger charge is -2.40. The highest BCUT2D eigenvalue weighted by atomic mass is 19.4. The fourth-order valence-corrected chi connectivity index (χ4v) is 3.09. The minimum Gasteiger partial charge on any atom is -0.406 e. The van der Waals surface area contributed by atoms with Crippen LogP contribution in [0.4, 0.5) is 13.2 Å². The molecule has 3 rings (SSSR count). The Kier molecular flexibility index (Phi) is 3.82. The van der Waals surface area contributed by atoms with Gasteiger partial charge in [-0.05, 0) is 30.5 Å². The van der Waals surface area contributed by atoms with E-state index in [1.54, 1.807) is 0 Å². The van der Waals surface area contributed by atoms with Crippen LogP contribution < -0.4 is 4.74 Å². The first-order valence-electron chi connectivity index (χ1n) is 7.17. The first-order valence-corrected chi connectivity index (χ1v) is 7.17. The van der Waals surface area contributed by atoms with Crippen molar-refractivity contribution in [3.8, 4) is 5.75 Å². The second-order valence-corrected chi connectivity index (χ2v) is 5.71. The minimum absolute atomic E-state index is 0.297. The molecule has 0 bridgehead atoms. The number of aliphatic hydroxyl groups is 1. The molecule has 1 saturated heterocycles. The summed E-state index contributed by atoms with van der Waals surface area (Å²) >= 11 is 0. The number of alkyl halides is 3. The van der Waals surface area contributed by atoms with E-state index < -0.39 is 17.8 Å². The average Bonchev–Trinajstić information content (AvgIpc) is 2.90. The van der Waals surface area contributed by atoms with Crippen LogP contribution in [-0.2, 0) is 15.1 Å². The van der Waals surface area contributed by atoms with Gasteiger partial charge in [-0.2, -0.15) is 0 Å². The number of halogens is 3. The molecule has 1 saturated carbocycles. The monoisotopic (exact) mass is 318 g/mol. The molecule has 1 heterocycles. The molecule has 0 radical (unpaired) electrons. The van der Waals surface area contributed by atoms with Gasteiger partial charge in [0.05, 0.1) is 18.8 Å². The maximum absolute atomic E-state index is 12.1. The van der Waals surface area contributed by atoms with Gasteiger partial charge in [0.15, 0.2) is 5.79 Å². The van der Waals surface area contributed by atoms with Gasteiger partial charge in [0.25, 0.3) is 0 Å². The van der Waals surface area contributed by atoms with Crippen molar-refractivity contribution < 1.29 is 32.5 Å². The Morgan fingerprint density at radius 1 is 0.955 bits per heavy atom. The van der Waals surface area contributed by atoms with Crippen molar-refractivity contribution in [1.82, 2.24) is 0 Å². The highest BCUT2D eigenvalue weighted by Crippen LogP contribution is 2.45. The predicted molar refractivity (Wildman–Crippen MR) is 70.1 cm³/mol. The van der Waals surface area contributed by atoms with Gasteiger partial charge in [-0.3, -0.25) is 0 Å². The number of rotatable bonds is 2. The van der Waals surface area contributed by atoms with Gasteiger partial charge >= 0.3 is 6.36 Å². The summed E-state index contributed by atoms with van der Waals surface area (Å²) in [6, 6.07) is 5.37. The van der Waals surface area contributed by atoms with Crippen LogP contribution >= 0.6 is 0 Å². The quantitative estimate of drug-likeness (QED) is 0.910. The summed E-state index contributed by atoms with van der Waals surface area (Å²) in [6.07, 6.45) is -2.72. The van der Waals surface area contributed by atoms with E-state index in [1.807, 2.05) is 0 Å². The predicted octanol–water partition coefficient (Wildman–Crippen LogP) is 3.09. The number of hydrogen-bond acceptors (Lipinski definition) is 4. The Labute approximate surface area is 125 Å². The summed E-state index contributed by atoms with van der Waals surface area (Å²) in [6.45, 7) is 1.11. The van der Waals surface area contributed by atoms with E-state index in [4.69, 9.17) is 9.47 Å². The molecule has 1 aromatic rings. The third-order valence-electron chi connectivity index (χ3n) is 4.28. The van der Waals surface area contributed by atoms with Crippen molar-refractivity contribution in [2.45, 2.75) is 43.4 Å². The Morgan fingerprint density at radius 3 is 2.00 bits per heavy atom. The largest absolute Gasteiger partial charge is 0.573 e. The molecule has 1 N–H and O–H groups in total. The molecule has 0 atom stereocenters. The van der Waals surface area contributed by atoms with E-state index in [1.165, 1.54) is 24.3 Å². The van der Waals surface area contributed by atoms with Gasteiger partial charge < -0.3 is 19.3 Å². The van der Waals surface area contributed by atoms with Gasteiger partial charge in [0.2, 0.25) is 0 Å². The van der Waals surface area contributed by atoms with Crippen molar-refractivity contribution in [2.75, 3.05) is 13.2 Å². The van der Waals surface area contributed by atoms with E-state index in [9.17, 15) is 18.3 Å². The molecule has 0 aromatic heterocycles. The lowest BCUT2D eigenvalue weighted by molar-refractivity contribution is -0.274. The molecular formula is C15H17F3O4. The molecule has 2 fully saturated rings. The third kappa shape index (κ3) is 3.21. The fourth-order valence-electron chi connectivity index (χ4n) is 3.09. The number of ether oxygens (including phenoxy) is 3. The zero-order valence-electron chi connectivity index (χ0n) is 11.9. The molecule has 7 heteroatoms. The minimum atomic E-state index is -4.72. The first-order chi connectivity index (χ1) is 10.3. The van der Waals surface area contributed by atoms with Crippen molar-refractivity contribution >= 4 is 0 Å². The van der Waals surface area contributed by atoms with Crippen molar-refractivity contribution in [2.24, 2.45) is 0 Å². The zero-order valence-corrected chi connectivity index (χ0v) is 11.9. The molecule has 2 aliphatic rings. The van der Waals surface area contributed by atoms with Gasteiger partial charge in [0, 0.05) is 12.8 Å². The zero-order chi connectivity index (χ0) is 15.8. The van der Waals surface area contributed by atoms with E-state index in [0.29, 0.717) is 44.5 Å². The van der Waals surface area contributed by atoms with Crippen LogP contribution in [0.3, 0.4) is 0 Å². The van der Waals surface area contributed by atoms with Gasteiger partial charge in [-0.1, -0.05) is 12.1 Å². The molecule has 1 spiro atoms. The third-order valence-corrected chi connectivity index (χ3v) is 4.28. The summed E-state index contributed by atoms with van der Waals surface area (Å²) in [5.74, 6) is -0.888. The molecule has 4 nitrogen and oxygen atoms in total. The molecule has 122 valence electrons. The molecule has 0 unspecified atom stereocenters. The second kappa shape index (κ2) is 5.40. The maximum Gasteiger partial charge on any atom is 0.573 e. The molecule has 1 aliphatic carbocycles. The first kappa shape index (κ1) is 15.6. The smallest absolute Gasteiger partial charge is 0.406 e. The number of benzene rings is 1. The topological polar surface area (TPSA) is 47.9 Å². The van der Waals surface area contributed by atoms with Crippen molar-refractivity contribution in [1.29, 1.82) is 0 Å². The number of hydrogen-bond donors (Lipinski definition) is 1. The fraction of sp³-hybridized carbons (Fsp3) is 0.600. The Balaban J connectivity index is 1.68. The van der Waals surface area contributed by atoms with Crippen LogP contribution in [-0.4, -0.2) is 30.5 Å². The Bertz CT molecular complexity index is 511. The summed E-state index contributed by atoms with van der Waals surface area (Å²) < 4.78 is 51.5. The molecule has 1 aliphatic heterocycles. The van der Waals surface area contributed by atoms with E-state index in [0.717, 1.165) is 0 Å². The van der Waals surface area contributed by atoms with Crippen LogP contribution in [0.5, 0.6) is 5.75 Å². The Hall–Kier alpha value is -1.31. The van der Waals surface area contributed by atoms with Crippen molar-refractivity contribution in [3.63, 3.8) is 0 Å². The standard InChI is InChI=1S/C15H17F3O4/c16-15(17,18)22-12-3-1-11(2-4-12)13(19)5-7-14(8-6-13)20-9-10-21-14/h1-4,19H,5-10H2. The van der Waals surface area contributed by atoms with E-state index in [-0.39, 0.29) is 5.75 Å². The van der Waals surface area contributed by atoms with E-state index in [2.05, 4.69) is 4.74 Å². The van der Waals surface area contributed by atoms with Gasteiger partial charge in [0.1, 0.15) is 5.75 Å².